The van der Waals surface area contributed by atoms with E-state index in [1.54, 1.807) is 9.80 Å². The Balaban J connectivity index is 0.000000629. The molecule has 1 aliphatic heterocycles. The molecule has 22 heteroatoms. The molecule has 19 nitrogen and oxygen atoms in total. The van der Waals surface area contributed by atoms with Crippen molar-refractivity contribution in [2.45, 2.75) is 66.1 Å². The molecule has 3 rings (SSSR count). The molecule has 0 aromatic carbocycles. The van der Waals surface area contributed by atoms with Crippen molar-refractivity contribution >= 4 is 40.3 Å². The van der Waals surface area contributed by atoms with Crippen molar-refractivity contribution in [3.05, 3.63) is 18.6 Å². The van der Waals surface area contributed by atoms with Crippen LogP contribution in [-0.4, -0.2) is 82.8 Å². The SMILES string of the molecule is CC[NH+](CC)CC.CC[NH+](CC)CC.COP(=O)(O[C@@]1(C#N)O[C@@H](n2ccc3c(N)ncnc32)C[C@@H]1O)OP(=O)([O-])OP(=O)([O-])O. The first-order valence-corrected chi connectivity index (χ1v) is 19.0. The van der Waals surface area contributed by atoms with E-state index in [0.29, 0.717) is 12.5 Å². The van der Waals surface area contributed by atoms with Crippen LogP contribution in [-0.2, 0) is 36.1 Å². The van der Waals surface area contributed by atoms with Crippen LogP contribution >= 0.6 is 23.5 Å². The van der Waals surface area contributed by atoms with E-state index < -0.39 is 41.6 Å². The first-order chi connectivity index (χ1) is 21.4. The van der Waals surface area contributed by atoms with Gasteiger partial charge in [0.05, 0.1) is 44.7 Å². The van der Waals surface area contributed by atoms with Crippen LogP contribution in [0.2, 0.25) is 0 Å². The van der Waals surface area contributed by atoms with Crippen LogP contribution in [0.1, 0.15) is 54.2 Å². The minimum atomic E-state index is -6.04. The molecule has 0 saturated carbocycles. The molecular formula is C24H46N7O12P3. The van der Waals surface area contributed by atoms with Crippen molar-refractivity contribution in [2.75, 3.05) is 52.1 Å². The molecule has 2 aromatic rings. The van der Waals surface area contributed by atoms with Crippen LogP contribution < -0.4 is 25.3 Å². The molecular weight excluding hydrogens is 671 g/mol. The topological polar surface area (TPSA) is 273 Å². The lowest BCUT2D eigenvalue weighted by Crippen LogP contribution is -3.11. The summed E-state index contributed by atoms with van der Waals surface area (Å²) in [5, 5.41) is 20.4. The predicted octanol–water partition coefficient (Wildman–Crippen LogP) is -0.891. The summed E-state index contributed by atoms with van der Waals surface area (Å²) >= 11 is 0. The second-order valence-corrected chi connectivity index (χ2v) is 14.3. The molecule has 0 amide bonds. The summed E-state index contributed by atoms with van der Waals surface area (Å²) in [5.41, 5.74) is 6.00. The fourth-order valence-electron chi connectivity index (χ4n) is 4.29. The van der Waals surface area contributed by atoms with E-state index in [0.717, 1.165) is 6.33 Å². The molecule has 264 valence electrons. The lowest BCUT2D eigenvalue weighted by molar-refractivity contribution is -0.894. The zero-order valence-corrected chi connectivity index (χ0v) is 29.7. The van der Waals surface area contributed by atoms with Gasteiger partial charge in [0.25, 0.3) is 21.4 Å². The van der Waals surface area contributed by atoms with Crippen LogP contribution in [0.15, 0.2) is 18.6 Å². The van der Waals surface area contributed by atoms with Crippen LogP contribution in [0.4, 0.5) is 5.82 Å². The number of rotatable bonds is 14. The molecule has 0 aliphatic carbocycles. The summed E-state index contributed by atoms with van der Waals surface area (Å²) < 4.78 is 58.0. The first-order valence-electron chi connectivity index (χ1n) is 14.6. The number of aliphatic hydroxyl groups excluding tert-OH is 1. The van der Waals surface area contributed by atoms with E-state index in [-0.39, 0.29) is 17.9 Å². The maximum absolute atomic E-state index is 12.6. The highest BCUT2D eigenvalue weighted by Crippen LogP contribution is 2.67. The van der Waals surface area contributed by atoms with Crippen molar-refractivity contribution in [1.29, 1.82) is 5.26 Å². The summed E-state index contributed by atoms with van der Waals surface area (Å²) in [4.78, 5) is 42.0. The second kappa shape index (κ2) is 18.6. The number of nitriles is 1. The summed E-state index contributed by atoms with van der Waals surface area (Å²) in [6, 6.07) is 2.93. The van der Waals surface area contributed by atoms with Gasteiger partial charge in [0.15, 0.2) is 0 Å². The van der Waals surface area contributed by atoms with E-state index in [1.807, 2.05) is 0 Å². The number of nitrogens with two attached hydrogens (primary N) is 1. The Morgan fingerprint density at radius 3 is 2.00 bits per heavy atom. The Bertz CT molecular complexity index is 1390. The van der Waals surface area contributed by atoms with Crippen molar-refractivity contribution in [2.24, 2.45) is 0 Å². The van der Waals surface area contributed by atoms with Crippen LogP contribution in [0.3, 0.4) is 0 Å². The standard InChI is InChI=1S/C12H16N5O12P3.2C6H15N/c1-25-32(24,29-31(22,23)28-30(19,20)21)27-12(5-13)8(18)4-9(26-12)17-3-2-7-10(14)15-6-16-11(7)17;2*1-4-7(5-2)6-3/h2-3,6,8-9,18H,4H2,1H3,(H,22,23)(H2,14,15,16)(H2,19,20,21);2*4-6H2,1-3H3/t8-,9+,12+,32?;;/m0../s1. The van der Waals surface area contributed by atoms with E-state index in [1.165, 1.54) is 62.2 Å². The number of ether oxygens (including phenoxy) is 1. The van der Waals surface area contributed by atoms with Gasteiger partial charge in [0, 0.05) is 19.7 Å². The molecule has 0 radical (unpaired) electrons. The number of anilines is 1. The molecule has 6 N–H and O–H groups in total. The summed E-state index contributed by atoms with van der Waals surface area (Å²) in [7, 11) is -16.7. The Labute approximate surface area is 268 Å². The van der Waals surface area contributed by atoms with E-state index in [4.69, 9.17) is 19.9 Å². The van der Waals surface area contributed by atoms with Gasteiger partial charge in [-0.3, -0.25) is 13.7 Å². The quantitative estimate of drug-likeness (QED) is 0.148. The number of aromatic nitrogens is 3. The van der Waals surface area contributed by atoms with Gasteiger partial charge in [0.1, 0.15) is 36.2 Å². The third-order valence-electron chi connectivity index (χ3n) is 7.06. The van der Waals surface area contributed by atoms with Crippen molar-refractivity contribution < 1.29 is 65.7 Å². The van der Waals surface area contributed by atoms with E-state index >= 15 is 0 Å². The molecule has 6 atom stereocenters. The third-order valence-corrected chi connectivity index (χ3v) is 11.2. The van der Waals surface area contributed by atoms with Crippen LogP contribution in [0.25, 0.3) is 11.0 Å². The number of nitrogen functional groups attached to an aromatic ring is 1. The second-order valence-electron chi connectivity index (χ2n) is 9.74. The molecule has 2 aromatic heterocycles. The van der Waals surface area contributed by atoms with Crippen molar-refractivity contribution in [3.8, 4) is 6.07 Å². The van der Waals surface area contributed by atoms with Crippen LogP contribution in [0.5, 0.6) is 0 Å². The highest BCUT2D eigenvalue weighted by molar-refractivity contribution is 7.65. The molecule has 1 saturated heterocycles. The zero-order valence-electron chi connectivity index (χ0n) is 27.0. The van der Waals surface area contributed by atoms with Crippen molar-refractivity contribution in [3.63, 3.8) is 0 Å². The number of nitrogens with one attached hydrogen (secondary N) is 2. The highest BCUT2D eigenvalue weighted by atomic mass is 31.3. The maximum Gasteiger partial charge on any atom is 0.484 e. The monoisotopic (exact) mass is 717 g/mol. The predicted molar refractivity (Wildman–Crippen MR) is 162 cm³/mol. The number of nitrogens with zero attached hydrogens (tertiary/aromatic N) is 4. The van der Waals surface area contributed by atoms with Gasteiger partial charge in [-0.15, -0.1) is 0 Å². The maximum atomic E-state index is 12.6. The first kappa shape index (κ1) is 42.2. The largest absolute Gasteiger partial charge is 0.756 e. The normalized spacial score (nSPS) is 23.4. The van der Waals surface area contributed by atoms with Crippen LogP contribution in [0, 0.1) is 11.3 Å². The number of quaternary nitrogens is 2. The molecule has 0 spiro atoms. The van der Waals surface area contributed by atoms with Gasteiger partial charge in [-0.2, -0.15) is 5.26 Å². The lowest BCUT2D eigenvalue weighted by Gasteiger charge is -2.32. The Kier molecular flexibility index (Phi) is 17.1. The Morgan fingerprint density at radius 2 is 1.59 bits per heavy atom. The number of phosphoric ester groups is 1. The van der Waals surface area contributed by atoms with Gasteiger partial charge in [-0.05, 0) is 47.6 Å². The average Bonchev–Trinajstić information content (AvgIpc) is 3.56. The third kappa shape index (κ3) is 12.3. The molecule has 1 aliphatic rings. The molecule has 0 bridgehead atoms. The highest BCUT2D eigenvalue weighted by Gasteiger charge is 2.56. The number of fused-ring (bicyclic) bond motifs is 1. The zero-order chi connectivity index (χ0) is 35.3. The summed E-state index contributed by atoms with van der Waals surface area (Å²) in [6.07, 6.45) is -0.738. The van der Waals surface area contributed by atoms with Gasteiger partial charge in [-0.25, -0.2) is 27.7 Å². The Hall–Kier alpha value is -1.84. The number of hydrogen-bond donors (Lipinski definition) is 5. The molecule has 46 heavy (non-hydrogen) atoms. The molecule has 1 fully saturated rings. The minimum Gasteiger partial charge on any atom is -0.756 e. The van der Waals surface area contributed by atoms with Gasteiger partial charge >= 0.3 is 7.82 Å². The van der Waals surface area contributed by atoms with Crippen molar-refractivity contribution in [1.82, 2.24) is 14.5 Å². The van der Waals surface area contributed by atoms with E-state index in [2.05, 4.69) is 64.7 Å². The number of hydrogen-bond acceptors (Lipinski definition) is 15. The van der Waals surface area contributed by atoms with E-state index in [9.17, 15) is 33.9 Å². The Morgan fingerprint density at radius 1 is 1.07 bits per heavy atom. The fraction of sp³-hybridized carbons (Fsp3) is 0.708. The fourth-order valence-corrected chi connectivity index (χ4v) is 7.68. The lowest BCUT2D eigenvalue weighted by atomic mass is 10.1. The number of aliphatic hydroxyl groups is 1. The number of phosphoric acid groups is 3. The summed E-state index contributed by atoms with van der Waals surface area (Å²) in [6.45, 7) is 21.0. The van der Waals surface area contributed by atoms with Gasteiger partial charge < -0.3 is 44.6 Å². The molecule has 3 heterocycles. The van der Waals surface area contributed by atoms with Gasteiger partial charge in [0.2, 0.25) is 0 Å². The smallest absolute Gasteiger partial charge is 0.484 e. The molecule has 3 unspecified atom stereocenters. The van der Waals surface area contributed by atoms with Gasteiger partial charge in [-0.1, -0.05) is 0 Å². The summed E-state index contributed by atoms with van der Waals surface area (Å²) in [5.74, 6) is -2.66. The minimum absolute atomic E-state index is 0.137. The average molecular weight is 718 g/mol.